The zero-order valence-electron chi connectivity index (χ0n) is 12.7. The summed E-state index contributed by atoms with van der Waals surface area (Å²) in [6.07, 6.45) is 1.34. The number of carbonyl (C=O) groups excluding carboxylic acids is 1. The predicted octanol–water partition coefficient (Wildman–Crippen LogP) is 3.38. The van der Waals surface area contributed by atoms with Crippen LogP contribution in [0.4, 0.5) is 5.69 Å². The first kappa shape index (κ1) is 18.1. The Morgan fingerprint density at radius 3 is 2.75 bits per heavy atom. The number of anilines is 1. The van der Waals surface area contributed by atoms with E-state index in [0.717, 1.165) is 5.69 Å². The Labute approximate surface area is 152 Å². The van der Waals surface area contributed by atoms with Gasteiger partial charge in [0.1, 0.15) is 11.5 Å². The molecular weight excluding hydrogens is 398 g/mol. The zero-order chi connectivity index (χ0) is 17.5. The number of phenols is 1. The van der Waals surface area contributed by atoms with Crippen LogP contribution in [-0.2, 0) is 4.79 Å². The van der Waals surface area contributed by atoms with Crippen LogP contribution in [-0.4, -0.2) is 30.9 Å². The number of aromatic hydroxyl groups is 1. The van der Waals surface area contributed by atoms with Gasteiger partial charge in [0.15, 0.2) is 0 Å². The first-order chi connectivity index (χ1) is 11.5. The third-order valence-corrected chi connectivity index (χ3v) is 3.85. The Morgan fingerprint density at radius 1 is 1.38 bits per heavy atom. The molecule has 0 heterocycles. The highest BCUT2D eigenvalue weighted by molar-refractivity contribution is 9.10. The van der Waals surface area contributed by atoms with E-state index in [2.05, 4.69) is 31.8 Å². The minimum Gasteiger partial charge on any atom is -0.506 e. The number of halogens is 2. The summed E-state index contributed by atoms with van der Waals surface area (Å²) in [4.78, 5) is 11.7. The van der Waals surface area contributed by atoms with Crippen LogP contribution in [0.3, 0.4) is 0 Å². The first-order valence-corrected chi connectivity index (χ1v) is 8.04. The van der Waals surface area contributed by atoms with E-state index < -0.39 is 0 Å². The van der Waals surface area contributed by atoms with Gasteiger partial charge in [-0.1, -0.05) is 11.6 Å². The number of hydrazone groups is 1. The van der Waals surface area contributed by atoms with Crippen LogP contribution in [0, 0.1) is 0 Å². The molecule has 0 spiro atoms. The van der Waals surface area contributed by atoms with E-state index in [9.17, 15) is 9.90 Å². The lowest BCUT2D eigenvalue weighted by atomic mass is 10.2. The predicted molar refractivity (Wildman–Crippen MR) is 98.0 cm³/mol. The summed E-state index contributed by atoms with van der Waals surface area (Å²) in [6, 6.07) is 10.2. The fraction of sp³-hybridized carbons (Fsp3) is 0.125. The Balaban J connectivity index is 1.90. The van der Waals surface area contributed by atoms with Crippen LogP contribution in [0.15, 0.2) is 46.0 Å². The maximum atomic E-state index is 11.7. The molecule has 2 aromatic rings. The number of benzene rings is 2. The third kappa shape index (κ3) is 5.14. The summed E-state index contributed by atoms with van der Waals surface area (Å²) >= 11 is 9.00. The third-order valence-electron chi connectivity index (χ3n) is 2.99. The molecule has 0 aliphatic rings. The summed E-state index contributed by atoms with van der Waals surface area (Å²) < 4.78 is 5.58. The van der Waals surface area contributed by atoms with Crippen LogP contribution in [0.25, 0.3) is 0 Å². The first-order valence-electron chi connectivity index (χ1n) is 6.87. The van der Waals surface area contributed by atoms with Gasteiger partial charge < -0.3 is 15.2 Å². The van der Waals surface area contributed by atoms with Crippen LogP contribution in [0.1, 0.15) is 5.56 Å². The van der Waals surface area contributed by atoms with Gasteiger partial charge in [-0.3, -0.25) is 4.79 Å². The largest absolute Gasteiger partial charge is 0.506 e. The quantitative estimate of drug-likeness (QED) is 0.502. The molecule has 0 saturated heterocycles. The van der Waals surface area contributed by atoms with Gasteiger partial charge >= 0.3 is 0 Å². The summed E-state index contributed by atoms with van der Waals surface area (Å²) in [6.45, 7) is 0.0484. The SMILES string of the molecule is COc1cc(Br)c(O)c(/C=N\NC(=O)CNc2ccc(Cl)cc2)c1. The fourth-order valence-electron chi connectivity index (χ4n) is 1.77. The van der Waals surface area contributed by atoms with Crippen LogP contribution in [0.2, 0.25) is 5.02 Å². The second-order valence-corrected chi connectivity index (χ2v) is 5.99. The van der Waals surface area contributed by atoms with Gasteiger partial charge in [-0.05, 0) is 52.3 Å². The average Bonchev–Trinajstić information content (AvgIpc) is 2.58. The highest BCUT2D eigenvalue weighted by atomic mass is 79.9. The van der Waals surface area contributed by atoms with Gasteiger partial charge in [-0.2, -0.15) is 5.10 Å². The van der Waals surface area contributed by atoms with Crippen molar-refractivity contribution < 1.29 is 14.6 Å². The Morgan fingerprint density at radius 2 is 2.08 bits per heavy atom. The lowest BCUT2D eigenvalue weighted by molar-refractivity contribution is -0.119. The van der Waals surface area contributed by atoms with E-state index in [1.807, 2.05) is 0 Å². The molecule has 8 heteroatoms. The molecule has 0 aliphatic heterocycles. The Hall–Kier alpha value is -2.25. The summed E-state index contributed by atoms with van der Waals surface area (Å²) in [5, 5.41) is 17.3. The van der Waals surface area contributed by atoms with Gasteiger partial charge in [-0.15, -0.1) is 0 Å². The van der Waals surface area contributed by atoms with E-state index in [-0.39, 0.29) is 18.2 Å². The number of nitrogens with zero attached hydrogens (tertiary/aromatic N) is 1. The maximum absolute atomic E-state index is 11.7. The molecule has 2 aromatic carbocycles. The minimum absolute atomic E-state index is 0.00749. The summed E-state index contributed by atoms with van der Waals surface area (Å²) in [5.74, 6) is 0.229. The molecule has 24 heavy (non-hydrogen) atoms. The number of nitrogens with one attached hydrogen (secondary N) is 2. The Kier molecular flexibility index (Phi) is 6.45. The number of rotatable bonds is 6. The molecule has 0 radical (unpaired) electrons. The molecule has 3 N–H and O–H groups in total. The van der Waals surface area contributed by atoms with E-state index in [4.69, 9.17) is 16.3 Å². The smallest absolute Gasteiger partial charge is 0.259 e. The van der Waals surface area contributed by atoms with E-state index in [1.165, 1.54) is 13.3 Å². The molecule has 0 bridgehead atoms. The van der Waals surface area contributed by atoms with Gasteiger partial charge in [0.25, 0.3) is 5.91 Å². The molecule has 0 aliphatic carbocycles. The molecule has 0 atom stereocenters. The molecule has 1 amide bonds. The fourth-order valence-corrected chi connectivity index (χ4v) is 2.35. The topological polar surface area (TPSA) is 83.0 Å². The molecule has 0 unspecified atom stereocenters. The van der Waals surface area contributed by atoms with Crippen LogP contribution < -0.4 is 15.5 Å². The van der Waals surface area contributed by atoms with E-state index in [0.29, 0.717) is 20.8 Å². The number of hydrogen-bond donors (Lipinski definition) is 3. The monoisotopic (exact) mass is 411 g/mol. The van der Waals surface area contributed by atoms with Crippen molar-refractivity contribution in [3.63, 3.8) is 0 Å². The van der Waals surface area contributed by atoms with Crippen molar-refractivity contribution in [3.8, 4) is 11.5 Å². The molecule has 0 fully saturated rings. The van der Waals surface area contributed by atoms with Crippen molar-refractivity contribution in [1.29, 1.82) is 0 Å². The van der Waals surface area contributed by atoms with Crippen molar-refractivity contribution in [2.75, 3.05) is 19.0 Å². The lowest BCUT2D eigenvalue weighted by Gasteiger charge is -2.06. The van der Waals surface area contributed by atoms with E-state index >= 15 is 0 Å². The molecule has 126 valence electrons. The van der Waals surface area contributed by atoms with Gasteiger partial charge in [0.05, 0.1) is 24.3 Å². The average molecular weight is 413 g/mol. The molecule has 6 nitrogen and oxygen atoms in total. The van der Waals surface area contributed by atoms with Gasteiger partial charge in [0.2, 0.25) is 0 Å². The molecule has 0 aromatic heterocycles. The van der Waals surface area contributed by atoms with Crippen molar-refractivity contribution in [3.05, 3.63) is 51.5 Å². The van der Waals surface area contributed by atoms with Gasteiger partial charge in [0, 0.05) is 16.3 Å². The zero-order valence-corrected chi connectivity index (χ0v) is 15.1. The molecule has 2 rings (SSSR count). The second kappa shape index (κ2) is 8.56. The summed E-state index contributed by atoms with van der Waals surface area (Å²) in [7, 11) is 1.52. The number of carbonyl (C=O) groups is 1. The second-order valence-electron chi connectivity index (χ2n) is 4.70. The van der Waals surface area contributed by atoms with Crippen LogP contribution in [0.5, 0.6) is 11.5 Å². The number of ether oxygens (including phenoxy) is 1. The molecular formula is C16H15BrClN3O3. The van der Waals surface area contributed by atoms with Gasteiger partial charge in [-0.25, -0.2) is 5.43 Å². The van der Waals surface area contributed by atoms with Crippen molar-refractivity contribution in [1.82, 2.24) is 5.43 Å². The van der Waals surface area contributed by atoms with Crippen LogP contribution >= 0.6 is 27.5 Å². The molecule has 0 saturated carbocycles. The highest BCUT2D eigenvalue weighted by Gasteiger charge is 2.07. The highest BCUT2D eigenvalue weighted by Crippen LogP contribution is 2.31. The number of hydrogen-bond acceptors (Lipinski definition) is 5. The maximum Gasteiger partial charge on any atom is 0.259 e. The number of methoxy groups -OCH3 is 1. The Bertz CT molecular complexity index is 751. The summed E-state index contributed by atoms with van der Waals surface area (Å²) in [5.41, 5.74) is 3.55. The van der Waals surface area contributed by atoms with E-state index in [1.54, 1.807) is 36.4 Å². The standard InChI is InChI=1S/C16H15BrClN3O3/c1-24-13-6-10(16(23)14(17)7-13)8-20-21-15(22)9-19-12-4-2-11(18)3-5-12/h2-8,19,23H,9H2,1H3,(H,21,22)/b20-8-. The van der Waals surface area contributed by atoms with Crippen molar-refractivity contribution >= 4 is 45.3 Å². The number of amides is 1. The van der Waals surface area contributed by atoms with Crippen molar-refractivity contribution in [2.24, 2.45) is 5.10 Å². The lowest BCUT2D eigenvalue weighted by Crippen LogP contribution is -2.25. The number of phenolic OH excluding ortho intramolecular Hbond substituents is 1. The van der Waals surface area contributed by atoms with Crippen molar-refractivity contribution in [2.45, 2.75) is 0 Å². The normalized spacial score (nSPS) is 10.6. The minimum atomic E-state index is -0.331.